The fraction of sp³-hybridized carbons (Fsp3) is 0.348. The molecular formula is C23H23FN4O3. The van der Waals surface area contributed by atoms with Crippen LogP contribution in [0.1, 0.15) is 34.5 Å². The van der Waals surface area contributed by atoms with Gasteiger partial charge in [0.15, 0.2) is 0 Å². The van der Waals surface area contributed by atoms with E-state index >= 15 is 0 Å². The Bertz CT molecular complexity index is 1210. The number of carbonyl (C=O) groups excluding carboxylic acids is 1. The van der Waals surface area contributed by atoms with E-state index in [9.17, 15) is 19.1 Å². The fourth-order valence-electron chi connectivity index (χ4n) is 4.18. The van der Waals surface area contributed by atoms with Gasteiger partial charge in [0, 0.05) is 36.5 Å². The van der Waals surface area contributed by atoms with Gasteiger partial charge in [-0.3, -0.25) is 9.59 Å². The molecule has 2 heterocycles. The van der Waals surface area contributed by atoms with Gasteiger partial charge in [0.1, 0.15) is 5.82 Å². The van der Waals surface area contributed by atoms with Gasteiger partial charge in [0.25, 0.3) is 11.5 Å². The molecule has 1 aliphatic carbocycles. The number of likely N-dealkylation sites (tertiary alicyclic amines) is 1. The molecule has 1 saturated carbocycles. The first-order valence-electron chi connectivity index (χ1n) is 10.4. The third-order valence-corrected chi connectivity index (χ3v) is 6.24. The molecule has 2 fully saturated rings. The summed E-state index contributed by atoms with van der Waals surface area (Å²) in [6.07, 6.45) is 2.25. The van der Waals surface area contributed by atoms with Crippen LogP contribution in [0.25, 0.3) is 10.8 Å². The van der Waals surface area contributed by atoms with Crippen molar-refractivity contribution < 1.29 is 14.3 Å². The molecule has 3 aromatic rings. The van der Waals surface area contributed by atoms with Crippen LogP contribution in [-0.2, 0) is 6.42 Å². The van der Waals surface area contributed by atoms with Crippen molar-refractivity contribution in [3.63, 3.8) is 0 Å². The van der Waals surface area contributed by atoms with E-state index in [1.165, 1.54) is 6.07 Å². The summed E-state index contributed by atoms with van der Waals surface area (Å²) in [5, 5.41) is 20.8. The number of carbonyl (C=O) groups is 1. The quantitative estimate of drug-likeness (QED) is 0.561. The first-order valence-corrected chi connectivity index (χ1v) is 10.4. The molecule has 8 heteroatoms. The first-order chi connectivity index (χ1) is 15.0. The van der Waals surface area contributed by atoms with Crippen LogP contribution in [0.2, 0.25) is 0 Å². The number of aliphatic hydroxyl groups is 1. The lowest BCUT2D eigenvalue weighted by atomic mass is 10.0. The molecule has 1 amide bonds. The number of aliphatic hydroxyl groups excluding tert-OH is 1. The molecule has 0 unspecified atom stereocenters. The topological polar surface area (TPSA) is 98.3 Å². The van der Waals surface area contributed by atoms with Gasteiger partial charge in [-0.15, -0.1) is 0 Å². The molecule has 2 aromatic carbocycles. The highest BCUT2D eigenvalue weighted by Crippen LogP contribution is 2.36. The van der Waals surface area contributed by atoms with E-state index in [0.717, 1.165) is 23.8 Å². The second-order valence-corrected chi connectivity index (χ2v) is 8.53. The maximum Gasteiger partial charge on any atom is 0.272 e. The minimum Gasteiger partial charge on any atom is -0.394 e. The number of amides is 1. The Labute approximate surface area is 177 Å². The third-order valence-electron chi connectivity index (χ3n) is 6.24. The van der Waals surface area contributed by atoms with Gasteiger partial charge in [0.2, 0.25) is 0 Å². The Morgan fingerprint density at radius 1 is 1.23 bits per heavy atom. The molecule has 0 spiro atoms. The zero-order chi connectivity index (χ0) is 21.6. The number of aromatic nitrogens is 2. The molecule has 3 N–H and O–H groups in total. The molecule has 0 radical (unpaired) electrons. The van der Waals surface area contributed by atoms with Crippen molar-refractivity contribution in [2.45, 2.75) is 30.8 Å². The van der Waals surface area contributed by atoms with Crippen LogP contribution in [0.5, 0.6) is 0 Å². The Morgan fingerprint density at radius 3 is 2.68 bits per heavy atom. The van der Waals surface area contributed by atoms with E-state index in [1.807, 2.05) is 12.1 Å². The molecular weight excluding hydrogens is 399 g/mol. The standard InChI is InChI=1S/C23H23FN4O3/c24-19-6-5-14(10-20-16-3-1-2-4-17(16)21(30)27-26-20)9-18(19)22(31)28-11-15(12-28)25-23(13-29)7-8-23/h1-6,9,15,25,29H,7-8,10-13H2,(H,27,30). The van der Waals surface area contributed by atoms with Crippen LogP contribution in [0, 0.1) is 5.82 Å². The second-order valence-electron chi connectivity index (χ2n) is 8.53. The van der Waals surface area contributed by atoms with Gasteiger partial charge in [-0.25, -0.2) is 9.49 Å². The summed E-state index contributed by atoms with van der Waals surface area (Å²) in [4.78, 5) is 26.4. The van der Waals surface area contributed by atoms with E-state index in [4.69, 9.17) is 0 Å². The summed E-state index contributed by atoms with van der Waals surface area (Å²) in [6.45, 7) is 1.09. The molecule has 5 rings (SSSR count). The van der Waals surface area contributed by atoms with Crippen LogP contribution >= 0.6 is 0 Å². The number of halogens is 1. The van der Waals surface area contributed by atoms with Gasteiger partial charge >= 0.3 is 0 Å². The lowest BCUT2D eigenvalue weighted by molar-refractivity contribution is 0.0522. The Balaban J connectivity index is 1.33. The predicted molar refractivity (Wildman–Crippen MR) is 113 cm³/mol. The molecule has 1 saturated heterocycles. The second kappa shape index (κ2) is 7.55. The highest BCUT2D eigenvalue weighted by atomic mass is 19.1. The Morgan fingerprint density at radius 2 is 1.97 bits per heavy atom. The summed E-state index contributed by atoms with van der Waals surface area (Å²) >= 11 is 0. The summed E-state index contributed by atoms with van der Waals surface area (Å²) in [7, 11) is 0. The minimum atomic E-state index is -0.557. The normalized spacial score (nSPS) is 17.5. The summed E-state index contributed by atoms with van der Waals surface area (Å²) in [5.41, 5.74) is 0.989. The molecule has 2 aliphatic rings. The SMILES string of the molecule is O=C(c1cc(Cc2n[nH]c(=O)c3ccccc23)ccc1F)N1CC(NC2(CO)CC2)C1. The Kier molecular flexibility index (Phi) is 4.83. The van der Waals surface area contributed by atoms with Crippen molar-refractivity contribution in [2.75, 3.05) is 19.7 Å². The molecule has 7 nitrogen and oxygen atoms in total. The average Bonchev–Trinajstić information content (AvgIpc) is 3.54. The minimum absolute atomic E-state index is 0.0352. The molecule has 1 aliphatic heterocycles. The van der Waals surface area contributed by atoms with E-state index in [2.05, 4.69) is 15.5 Å². The lowest BCUT2D eigenvalue weighted by Gasteiger charge is -2.41. The predicted octanol–water partition coefficient (Wildman–Crippen LogP) is 1.59. The summed E-state index contributed by atoms with van der Waals surface area (Å²) < 4.78 is 14.5. The average molecular weight is 422 g/mol. The van der Waals surface area contributed by atoms with Crippen molar-refractivity contribution in [1.82, 2.24) is 20.4 Å². The zero-order valence-electron chi connectivity index (χ0n) is 16.9. The molecule has 0 bridgehead atoms. The number of nitrogens with one attached hydrogen (secondary N) is 2. The number of hydrogen-bond donors (Lipinski definition) is 3. The van der Waals surface area contributed by atoms with Gasteiger partial charge in [-0.2, -0.15) is 5.10 Å². The van der Waals surface area contributed by atoms with Crippen molar-refractivity contribution in [1.29, 1.82) is 0 Å². The summed E-state index contributed by atoms with van der Waals surface area (Å²) in [5.74, 6) is -0.899. The number of rotatable bonds is 6. The molecule has 31 heavy (non-hydrogen) atoms. The smallest absolute Gasteiger partial charge is 0.272 e. The number of aromatic amines is 1. The van der Waals surface area contributed by atoms with Crippen LogP contribution in [-0.4, -0.2) is 57.4 Å². The molecule has 0 atom stereocenters. The lowest BCUT2D eigenvalue weighted by Crippen LogP contribution is -2.63. The largest absolute Gasteiger partial charge is 0.394 e. The van der Waals surface area contributed by atoms with Crippen LogP contribution < -0.4 is 10.9 Å². The zero-order valence-corrected chi connectivity index (χ0v) is 16.9. The molecule has 160 valence electrons. The maximum absolute atomic E-state index is 14.5. The summed E-state index contributed by atoms with van der Waals surface area (Å²) in [6, 6.07) is 11.8. The maximum atomic E-state index is 14.5. The van der Waals surface area contributed by atoms with E-state index in [0.29, 0.717) is 30.6 Å². The van der Waals surface area contributed by atoms with Gasteiger partial charge in [-0.1, -0.05) is 24.3 Å². The molecule has 1 aromatic heterocycles. The van der Waals surface area contributed by atoms with Crippen molar-refractivity contribution >= 4 is 16.7 Å². The van der Waals surface area contributed by atoms with Crippen molar-refractivity contribution in [2.24, 2.45) is 0 Å². The number of fused-ring (bicyclic) bond motifs is 1. The number of hydrogen-bond acceptors (Lipinski definition) is 5. The van der Waals surface area contributed by atoms with Gasteiger partial charge in [0.05, 0.1) is 23.3 Å². The van der Waals surface area contributed by atoms with Crippen LogP contribution in [0.4, 0.5) is 4.39 Å². The monoisotopic (exact) mass is 422 g/mol. The number of benzene rings is 2. The van der Waals surface area contributed by atoms with Gasteiger partial charge < -0.3 is 15.3 Å². The number of H-pyrrole nitrogens is 1. The fourth-order valence-corrected chi connectivity index (χ4v) is 4.18. The van der Waals surface area contributed by atoms with Crippen molar-refractivity contribution in [3.8, 4) is 0 Å². The third kappa shape index (κ3) is 3.73. The van der Waals surface area contributed by atoms with Crippen LogP contribution in [0.15, 0.2) is 47.3 Å². The first kappa shape index (κ1) is 19.8. The van der Waals surface area contributed by atoms with Crippen molar-refractivity contribution in [3.05, 3.63) is 75.5 Å². The van der Waals surface area contributed by atoms with Gasteiger partial charge in [-0.05, 0) is 36.6 Å². The highest BCUT2D eigenvalue weighted by Gasteiger charge is 2.46. The highest BCUT2D eigenvalue weighted by molar-refractivity contribution is 5.95. The van der Waals surface area contributed by atoms with E-state index in [-0.39, 0.29) is 35.2 Å². The van der Waals surface area contributed by atoms with Crippen LogP contribution in [0.3, 0.4) is 0 Å². The Hall–Kier alpha value is -3.10. The van der Waals surface area contributed by atoms with E-state index in [1.54, 1.807) is 29.2 Å². The van der Waals surface area contributed by atoms with E-state index < -0.39 is 5.82 Å². The number of nitrogens with zero attached hydrogens (tertiary/aromatic N) is 2.